The Morgan fingerprint density at radius 2 is 2.33 bits per heavy atom. The molecule has 2 N–H and O–H groups in total. The number of nitrogens with two attached hydrogens (primary N) is 1. The molecule has 2 saturated heterocycles. The van der Waals surface area contributed by atoms with E-state index < -0.39 is 6.10 Å². The van der Waals surface area contributed by atoms with Gasteiger partial charge in [-0.05, 0) is 12.8 Å². The number of ether oxygens (including phenoxy) is 2. The first kappa shape index (κ1) is 10.9. The van der Waals surface area contributed by atoms with E-state index in [4.69, 9.17) is 15.2 Å². The second-order valence-electron chi connectivity index (χ2n) is 4.00. The van der Waals surface area contributed by atoms with Gasteiger partial charge in [-0.25, -0.2) is 0 Å². The zero-order chi connectivity index (χ0) is 10.7. The van der Waals surface area contributed by atoms with Crippen LogP contribution in [0, 0.1) is 0 Å². The predicted octanol–water partition coefficient (Wildman–Crippen LogP) is -0.648. The lowest BCUT2D eigenvalue weighted by Gasteiger charge is -2.30. The fourth-order valence-electron chi connectivity index (χ4n) is 2.19. The highest BCUT2D eigenvalue weighted by molar-refractivity contribution is 5.81. The van der Waals surface area contributed by atoms with Gasteiger partial charge >= 0.3 is 0 Å². The maximum absolute atomic E-state index is 12.0. The molecule has 2 atom stereocenters. The minimum Gasteiger partial charge on any atom is -0.376 e. The quantitative estimate of drug-likeness (QED) is 0.663. The predicted molar refractivity (Wildman–Crippen MR) is 54.3 cm³/mol. The number of hydrogen-bond acceptors (Lipinski definition) is 4. The molecule has 2 rings (SSSR count). The van der Waals surface area contributed by atoms with Gasteiger partial charge in [0.1, 0.15) is 0 Å². The molecule has 0 radical (unpaired) electrons. The van der Waals surface area contributed by atoms with E-state index in [1.54, 1.807) is 0 Å². The summed E-state index contributed by atoms with van der Waals surface area (Å²) in [5, 5.41) is 0. The van der Waals surface area contributed by atoms with Crippen molar-refractivity contribution >= 4 is 5.91 Å². The van der Waals surface area contributed by atoms with Gasteiger partial charge < -0.3 is 20.1 Å². The summed E-state index contributed by atoms with van der Waals surface area (Å²) in [5.41, 5.74) is 5.63. The average Bonchev–Trinajstić information content (AvgIpc) is 2.77. The van der Waals surface area contributed by atoms with Gasteiger partial charge in [0.05, 0.1) is 19.8 Å². The number of likely N-dealkylation sites (tertiary alicyclic amines) is 1. The highest BCUT2D eigenvalue weighted by atomic mass is 16.6. The highest BCUT2D eigenvalue weighted by Gasteiger charge is 2.33. The zero-order valence-electron chi connectivity index (χ0n) is 8.85. The minimum atomic E-state index is -0.411. The van der Waals surface area contributed by atoms with Crippen LogP contribution in [0.15, 0.2) is 0 Å². The Balaban J connectivity index is 1.93. The first-order valence-corrected chi connectivity index (χ1v) is 5.53. The molecule has 5 nitrogen and oxygen atoms in total. The molecule has 2 fully saturated rings. The summed E-state index contributed by atoms with van der Waals surface area (Å²) in [6, 6.07) is 0.197. The van der Waals surface area contributed by atoms with Crippen molar-refractivity contribution in [2.75, 3.05) is 32.9 Å². The standard InChI is InChI=1S/C10H18N2O3/c11-6-8-2-1-3-12(8)10(13)9-7-14-4-5-15-9/h8-9H,1-7,11H2. The molecule has 2 heterocycles. The van der Waals surface area contributed by atoms with Crippen molar-refractivity contribution in [3.63, 3.8) is 0 Å². The van der Waals surface area contributed by atoms with E-state index in [0.717, 1.165) is 19.4 Å². The molecule has 5 heteroatoms. The van der Waals surface area contributed by atoms with Crippen molar-refractivity contribution in [2.45, 2.75) is 25.0 Å². The maximum atomic E-state index is 12.0. The molecule has 0 bridgehead atoms. The number of rotatable bonds is 2. The fourth-order valence-corrected chi connectivity index (χ4v) is 2.19. The van der Waals surface area contributed by atoms with E-state index >= 15 is 0 Å². The number of amides is 1. The van der Waals surface area contributed by atoms with Crippen LogP contribution in [0.25, 0.3) is 0 Å². The second-order valence-corrected chi connectivity index (χ2v) is 4.00. The lowest BCUT2D eigenvalue weighted by Crippen LogP contribution is -2.48. The number of carbonyl (C=O) groups is 1. The normalized spacial score (nSPS) is 31.9. The summed E-state index contributed by atoms with van der Waals surface area (Å²) < 4.78 is 10.6. The Kier molecular flexibility index (Phi) is 3.56. The lowest BCUT2D eigenvalue weighted by molar-refractivity contribution is -0.158. The SMILES string of the molecule is NCC1CCCN1C(=O)C1COCCO1. The average molecular weight is 214 g/mol. The molecule has 0 aliphatic carbocycles. The highest BCUT2D eigenvalue weighted by Crippen LogP contribution is 2.18. The van der Waals surface area contributed by atoms with E-state index in [0.29, 0.717) is 26.4 Å². The van der Waals surface area contributed by atoms with Gasteiger partial charge in [0.25, 0.3) is 5.91 Å². The van der Waals surface area contributed by atoms with E-state index in [2.05, 4.69) is 0 Å². The smallest absolute Gasteiger partial charge is 0.254 e. The van der Waals surface area contributed by atoms with Gasteiger partial charge in [-0.15, -0.1) is 0 Å². The molecule has 1 amide bonds. The first-order chi connectivity index (χ1) is 7.33. The van der Waals surface area contributed by atoms with Crippen LogP contribution in [0.1, 0.15) is 12.8 Å². The van der Waals surface area contributed by atoms with Crippen LogP contribution in [0.5, 0.6) is 0 Å². The van der Waals surface area contributed by atoms with Gasteiger partial charge in [-0.2, -0.15) is 0 Å². The molecule has 0 aromatic heterocycles. The number of carbonyl (C=O) groups excluding carboxylic acids is 1. The van der Waals surface area contributed by atoms with Crippen LogP contribution in [-0.2, 0) is 14.3 Å². The first-order valence-electron chi connectivity index (χ1n) is 5.53. The van der Waals surface area contributed by atoms with Gasteiger partial charge in [0.2, 0.25) is 0 Å². The van der Waals surface area contributed by atoms with Crippen molar-refractivity contribution in [1.82, 2.24) is 4.90 Å². The van der Waals surface area contributed by atoms with E-state index in [9.17, 15) is 4.79 Å². The number of hydrogen-bond donors (Lipinski definition) is 1. The van der Waals surface area contributed by atoms with E-state index in [1.807, 2.05) is 4.90 Å². The molecule has 0 aromatic rings. The third kappa shape index (κ3) is 2.30. The van der Waals surface area contributed by atoms with Crippen LogP contribution in [-0.4, -0.2) is 55.9 Å². The Bertz CT molecular complexity index is 229. The van der Waals surface area contributed by atoms with Gasteiger partial charge in [-0.3, -0.25) is 4.79 Å². The summed E-state index contributed by atoms with van der Waals surface area (Å²) in [5.74, 6) is 0.0441. The van der Waals surface area contributed by atoms with Gasteiger partial charge in [0, 0.05) is 19.1 Å². The molecular weight excluding hydrogens is 196 g/mol. The molecule has 2 aliphatic rings. The Morgan fingerprint density at radius 1 is 1.47 bits per heavy atom. The molecule has 2 unspecified atom stereocenters. The van der Waals surface area contributed by atoms with Crippen LogP contribution >= 0.6 is 0 Å². The summed E-state index contributed by atoms with van der Waals surface area (Å²) in [6.45, 7) is 2.83. The van der Waals surface area contributed by atoms with Crippen molar-refractivity contribution in [2.24, 2.45) is 5.73 Å². The molecule has 15 heavy (non-hydrogen) atoms. The van der Waals surface area contributed by atoms with Crippen LogP contribution in [0.3, 0.4) is 0 Å². The van der Waals surface area contributed by atoms with E-state index in [-0.39, 0.29) is 11.9 Å². The molecule has 86 valence electrons. The van der Waals surface area contributed by atoms with E-state index in [1.165, 1.54) is 0 Å². The maximum Gasteiger partial charge on any atom is 0.254 e. The Morgan fingerprint density at radius 3 is 3.00 bits per heavy atom. The van der Waals surface area contributed by atoms with Crippen LogP contribution in [0.4, 0.5) is 0 Å². The van der Waals surface area contributed by atoms with Crippen LogP contribution < -0.4 is 5.73 Å². The summed E-state index contributed by atoms with van der Waals surface area (Å²) in [4.78, 5) is 13.9. The molecule has 2 aliphatic heterocycles. The molecule has 0 aromatic carbocycles. The largest absolute Gasteiger partial charge is 0.376 e. The van der Waals surface area contributed by atoms with Crippen molar-refractivity contribution in [3.8, 4) is 0 Å². The second kappa shape index (κ2) is 4.92. The minimum absolute atomic E-state index is 0.0441. The zero-order valence-corrected chi connectivity index (χ0v) is 8.85. The third-order valence-corrected chi connectivity index (χ3v) is 3.02. The van der Waals surface area contributed by atoms with Gasteiger partial charge in [-0.1, -0.05) is 0 Å². The Labute approximate surface area is 89.5 Å². The molecular formula is C10H18N2O3. The van der Waals surface area contributed by atoms with Gasteiger partial charge in [0.15, 0.2) is 6.10 Å². The van der Waals surface area contributed by atoms with Crippen molar-refractivity contribution in [1.29, 1.82) is 0 Å². The summed E-state index contributed by atoms with van der Waals surface area (Å²) in [6.07, 6.45) is 1.64. The molecule has 0 saturated carbocycles. The summed E-state index contributed by atoms with van der Waals surface area (Å²) in [7, 11) is 0. The Hall–Kier alpha value is -0.650. The molecule has 0 spiro atoms. The third-order valence-electron chi connectivity index (χ3n) is 3.02. The summed E-state index contributed by atoms with van der Waals surface area (Å²) >= 11 is 0. The van der Waals surface area contributed by atoms with Crippen molar-refractivity contribution in [3.05, 3.63) is 0 Å². The monoisotopic (exact) mass is 214 g/mol. The fraction of sp³-hybridized carbons (Fsp3) is 0.900. The number of nitrogens with zero attached hydrogens (tertiary/aromatic N) is 1. The van der Waals surface area contributed by atoms with Crippen LogP contribution in [0.2, 0.25) is 0 Å². The lowest BCUT2D eigenvalue weighted by atomic mass is 10.2. The van der Waals surface area contributed by atoms with Crippen molar-refractivity contribution < 1.29 is 14.3 Å². The topological polar surface area (TPSA) is 64.8 Å².